The Morgan fingerprint density at radius 3 is 2.63 bits per heavy atom. The predicted molar refractivity (Wildman–Crippen MR) is 150 cm³/mol. The molecule has 0 unspecified atom stereocenters. The van der Waals surface area contributed by atoms with Crippen molar-refractivity contribution in [1.82, 2.24) is 5.43 Å². The minimum Gasteiger partial charge on any atom is -0.493 e. The van der Waals surface area contributed by atoms with Gasteiger partial charge in [0.05, 0.1) is 23.3 Å². The number of methoxy groups -OCH3 is 1. The topological polar surface area (TPSA) is 59.9 Å². The Morgan fingerprint density at radius 2 is 1.83 bits per heavy atom. The molecule has 0 spiro atoms. The van der Waals surface area contributed by atoms with E-state index in [-0.39, 0.29) is 18.9 Å². The van der Waals surface area contributed by atoms with Crippen LogP contribution in [-0.2, 0) is 17.8 Å². The molecule has 8 heteroatoms. The second kappa shape index (κ2) is 11.7. The molecule has 4 aromatic carbocycles. The molecule has 1 N–H and O–H groups in total. The van der Waals surface area contributed by atoms with E-state index in [2.05, 4.69) is 33.1 Å². The highest BCUT2D eigenvalue weighted by atomic mass is 127. The lowest BCUT2D eigenvalue weighted by Gasteiger charge is -2.14. The number of rotatable bonds is 8. The minimum atomic E-state index is -0.195. The average Bonchev–Trinajstić information content (AvgIpc) is 2.84. The van der Waals surface area contributed by atoms with Crippen molar-refractivity contribution in [2.45, 2.75) is 13.0 Å². The quantitative estimate of drug-likeness (QED) is 0.131. The van der Waals surface area contributed by atoms with Crippen LogP contribution in [0.15, 0.2) is 77.9 Å². The van der Waals surface area contributed by atoms with Crippen molar-refractivity contribution in [3.63, 3.8) is 0 Å². The number of halogens is 3. The first-order valence-electron chi connectivity index (χ1n) is 10.7. The Bertz CT molecular complexity index is 1400. The molecule has 4 rings (SSSR count). The standard InChI is InChI=1S/C27H21Cl2IN2O3/c1-34-25-12-17(11-24(30)27(25)35-16-20-9-10-21(28)14-23(20)29)15-31-32-26(33)13-19-7-4-6-18-5-2-3-8-22(18)19/h2-12,14-15H,13,16H2,1H3,(H,32,33)/b31-15-. The molecular formula is C27H21Cl2IN2O3. The van der Waals surface area contributed by atoms with Gasteiger partial charge >= 0.3 is 0 Å². The number of fused-ring (bicyclic) bond motifs is 1. The predicted octanol–water partition coefficient (Wildman–Crippen LogP) is 7.03. The molecule has 0 fully saturated rings. The maximum atomic E-state index is 12.5. The van der Waals surface area contributed by atoms with Gasteiger partial charge in [-0.25, -0.2) is 5.43 Å². The summed E-state index contributed by atoms with van der Waals surface area (Å²) in [7, 11) is 1.57. The third kappa shape index (κ3) is 6.45. The SMILES string of the molecule is COc1cc(/C=N\NC(=O)Cc2cccc3ccccc23)cc(I)c1OCc1ccc(Cl)cc1Cl. The Morgan fingerprint density at radius 1 is 1.03 bits per heavy atom. The van der Waals surface area contributed by atoms with Gasteiger partial charge in [0.25, 0.3) is 0 Å². The van der Waals surface area contributed by atoms with Crippen LogP contribution in [0.3, 0.4) is 0 Å². The smallest absolute Gasteiger partial charge is 0.244 e. The molecule has 0 radical (unpaired) electrons. The highest BCUT2D eigenvalue weighted by Gasteiger charge is 2.13. The normalized spacial score (nSPS) is 11.1. The number of nitrogens with one attached hydrogen (secondary N) is 1. The number of nitrogens with zero attached hydrogens (tertiary/aromatic N) is 1. The molecule has 0 aliphatic rings. The zero-order chi connectivity index (χ0) is 24.8. The summed E-state index contributed by atoms with van der Waals surface area (Å²) in [5.41, 5.74) is 5.13. The third-order valence-corrected chi connectivity index (χ3v) is 6.66. The first-order valence-corrected chi connectivity index (χ1v) is 12.5. The highest BCUT2D eigenvalue weighted by molar-refractivity contribution is 14.1. The summed E-state index contributed by atoms with van der Waals surface area (Å²) in [6.07, 6.45) is 1.81. The number of carbonyl (C=O) groups is 1. The first-order chi connectivity index (χ1) is 16.9. The molecule has 0 heterocycles. The Balaban J connectivity index is 1.42. The van der Waals surface area contributed by atoms with E-state index >= 15 is 0 Å². The minimum absolute atomic E-state index is 0.195. The van der Waals surface area contributed by atoms with Gasteiger partial charge in [0.15, 0.2) is 11.5 Å². The number of hydrazone groups is 1. The van der Waals surface area contributed by atoms with Gasteiger partial charge in [0, 0.05) is 15.6 Å². The average molecular weight is 619 g/mol. The van der Waals surface area contributed by atoms with E-state index in [9.17, 15) is 4.79 Å². The molecule has 1 amide bonds. The van der Waals surface area contributed by atoms with Gasteiger partial charge in [0.1, 0.15) is 6.61 Å². The first kappa shape index (κ1) is 25.3. The zero-order valence-corrected chi connectivity index (χ0v) is 22.4. The molecule has 5 nitrogen and oxygen atoms in total. The maximum absolute atomic E-state index is 12.5. The van der Waals surface area contributed by atoms with Gasteiger partial charge < -0.3 is 9.47 Å². The highest BCUT2D eigenvalue weighted by Crippen LogP contribution is 2.35. The van der Waals surface area contributed by atoms with E-state index < -0.39 is 0 Å². The fraction of sp³-hybridized carbons (Fsp3) is 0.111. The van der Waals surface area contributed by atoms with Gasteiger partial charge in [-0.15, -0.1) is 0 Å². The Hall–Kier alpha value is -2.81. The number of ether oxygens (including phenoxy) is 2. The number of amides is 1. The number of hydrogen-bond donors (Lipinski definition) is 1. The summed E-state index contributed by atoms with van der Waals surface area (Å²) in [5.74, 6) is 0.945. The lowest BCUT2D eigenvalue weighted by atomic mass is 10.0. The van der Waals surface area contributed by atoms with Gasteiger partial charge in [-0.3, -0.25) is 4.79 Å². The number of hydrogen-bond acceptors (Lipinski definition) is 4. The van der Waals surface area contributed by atoms with Gasteiger partial charge in [-0.05, 0) is 68.8 Å². The molecule has 4 aromatic rings. The Labute approximate surface area is 227 Å². The molecular weight excluding hydrogens is 598 g/mol. The molecule has 0 aliphatic heterocycles. The van der Waals surface area contributed by atoms with E-state index in [0.29, 0.717) is 21.5 Å². The molecule has 0 aliphatic carbocycles. The summed E-state index contributed by atoms with van der Waals surface area (Å²) < 4.78 is 12.3. The van der Waals surface area contributed by atoms with E-state index in [1.807, 2.05) is 54.6 Å². The fourth-order valence-electron chi connectivity index (χ4n) is 3.58. The van der Waals surface area contributed by atoms with E-state index in [1.54, 1.807) is 31.5 Å². The second-order valence-corrected chi connectivity index (χ2v) is 9.67. The summed E-state index contributed by atoms with van der Waals surface area (Å²) in [5, 5.41) is 7.39. The van der Waals surface area contributed by atoms with Crippen molar-refractivity contribution in [2.75, 3.05) is 7.11 Å². The molecule has 0 saturated heterocycles. The monoisotopic (exact) mass is 618 g/mol. The van der Waals surface area contributed by atoms with Crippen LogP contribution in [0.5, 0.6) is 11.5 Å². The second-order valence-electron chi connectivity index (χ2n) is 7.67. The number of carbonyl (C=O) groups excluding carboxylic acids is 1. The molecule has 0 atom stereocenters. The summed E-state index contributed by atoms with van der Waals surface area (Å²) in [6.45, 7) is 0.264. The van der Waals surface area contributed by atoms with Gasteiger partial charge in [0.2, 0.25) is 5.91 Å². The lowest BCUT2D eigenvalue weighted by Crippen LogP contribution is -2.19. The van der Waals surface area contributed by atoms with Crippen molar-refractivity contribution in [3.8, 4) is 11.5 Å². The summed E-state index contributed by atoms with van der Waals surface area (Å²) in [6, 6.07) is 22.9. The van der Waals surface area contributed by atoms with E-state index in [0.717, 1.165) is 31.0 Å². The molecule has 35 heavy (non-hydrogen) atoms. The van der Waals surface area contributed by atoms with Crippen molar-refractivity contribution in [1.29, 1.82) is 0 Å². The van der Waals surface area contributed by atoms with Crippen LogP contribution >= 0.6 is 45.8 Å². The lowest BCUT2D eigenvalue weighted by molar-refractivity contribution is -0.120. The molecule has 0 saturated carbocycles. The van der Waals surface area contributed by atoms with Crippen LogP contribution in [0.25, 0.3) is 10.8 Å². The van der Waals surface area contributed by atoms with Crippen LogP contribution < -0.4 is 14.9 Å². The third-order valence-electron chi connectivity index (χ3n) is 5.27. The van der Waals surface area contributed by atoms with Crippen molar-refractivity contribution < 1.29 is 14.3 Å². The van der Waals surface area contributed by atoms with Crippen LogP contribution in [-0.4, -0.2) is 19.2 Å². The summed E-state index contributed by atoms with van der Waals surface area (Å²) >= 11 is 14.4. The van der Waals surface area contributed by atoms with Gasteiger partial charge in [-0.1, -0.05) is 71.7 Å². The zero-order valence-electron chi connectivity index (χ0n) is 18.7. The van der Waals surface area contributed by atoms with Gasteiger partial charge in [-0.2, -0.15) is 5.10 Å². The van der Waals surface area contributed by atoms with Crippen molar-refractivity contribution in [3.05, 3.63) is 103 Å². The van der Waals surface area contributed by atoms with Crippen LogP contribution in [0.4, 0.5) is 0 Å². The van der Waals surface area contributed by atoms with Crippen LogP contribution in [0.2, 0.25) is 10.0 Å². The molecule has 0 bridgehead atoms. The van der Waals surface area contributed by atoms with E-state index in [4.69, 9.17) is 32.7 Å². The van der Waals surface area contributed by atoms with Crippen LogP contribution in [0.1, 0.15) is 16.7 Å². The maximum Gasteiger partial charge on any atom is 0.244 e. The van der Waals surface area contributed by atoms with Crippen molar-refractivity contribution in [2.24, 2.45) is 5.10 Å². The summed E-state index contributed by atoms with van der Waals surface area (Å²) in [4.78, 5) is 12.5. The Kier molecular flexibility index (Phi) is 8.49. The van der Waals surface area contributed by atoms with Crippen LogP contribution in [0, 0.1) is 3.57 Å². The van der Waals surface area contributed by atoms with Crippen molar-refractivity contribution >= 4 is 68.7 Å². The number of benzene rings is 4. The largest absolute Gasteiger partial charge is 0.493 e. The fourth-order valence-corrected chi connectivity index (χ4v) is 4.83. The molecule has 0 aromatic heterocycles. The van der Waals surface area contributed by atoms with E-state index in [1.165, 1.54) is 0 Å². The molecule has 178 valence electrons.